The van der Waals surface area contributed by atoms with Gasteiger partial charge in [-0.3, -0.25) is 0 Å². The van der Waals surface area contributed by atoms with E-state index in [-0.39, 0.29) is 30.4 Å². The molecule has 0 bridgehead atoms. The number of ether oxygens (including phenoxy) is 1. The molecule has 6 nitrogen and oxygen atoms in total. The van der Waals surface area contributed by atoms with Crippen LogP contribution >= 0.6 is 0 Å². The lowest BCUT2D eigenvalue weighted by Gasteiger charge is -1.96. The molecule has 1 heterocycles. The number of rotatable bonds is 2. The highest BCUT2D eigenvalue weighted by Gasteiger charge is 2.28. The Morgan fingerprint density at radius 2 is 2.36 bits per heavy atom. The van der Waals surface area contributed by atoms with Crippen molar-refractivity contribution in [1.29, 1.82) is 5.39 Å². The molecule has 0 spiro atoms. The summed E-state index contributed by atoms with van der Waals surface area (Å²) >= 11 is 0. The number of carbonyl (C=O) groups excluding carboxylic acids is 1. The van der Waals surface area contributed by atoms with Crippen LogP contribution in [0.25, 0.3) is 4.98 Å². The molecule has 76 valence electrons. The maximum atomic E-state index is 11.3. The maximum Gasteiger partial charge on any atom is 0.502 e. The molecule has 0 fully saturated rings. The standard InChI is InChI=1S/C7H8N4O2.ClH/c1-3-13-7(12)5-4(2)10-11-6(5)9-8;/h3H2,1-2H3;1H. The molecule has 1 rings (SSSR count). The van der Waals surface area contributed by atoms with Gasteiger partial charge in [0, 0.05) is 4.98 Å². The van der Waals surface area contributed by atoms with Crippen molar-refractivity contribution in [3.63, 3.8) is 0 Å². The molecule has 1 aromatic rings. The molecule has 1 aromatic heterocycles. The summed E-state index contributed by atoms with van der Waals surface area (Å²) in [4.78, 5) is 14.1. The molecule has 1 N–H and O–H groups in total. The third-order valence-corrected chi connectivity index (χ3v) is 1.50. The Bertz CT molecular complexity index is 368. The lowest BCUT2D eigenvalue weighted by Crippen LogP contribution is -3.00. The van der Waals surface area contributed by atoms with Crippen molar-refractivity contribution < 1.29 is 21.9 Å². The molecular formula is C7H9ClN4O2. The minimum atomic E-state index is -0.540. The van der Waals surface area contributed by atoms with E-state index in [4.69, 9.17) is 10.1 Å². The molecule has 0 amide bonds. The largest absolute Gasteiger partial charge is 1.00 e. The Morgan fingerprint density at radius 3 is 2.86 bits per heavy atom. The van der Waals surface area contributed by atoms with Gasteiger partial charge in [0.05, 0.1) is 22.8 Å². The van der Waals surface area contributed by atoms with E-state index in [1.54, 1.807) is 13.8 Å². The van der Waals surface area contributed by atoms with Crippen molar-refractivity contribution >= 4 is 11.8 Å². The molecule has 0 aliphatic rings. The van der Waals surface area contributed by atoms with Gasteiger partial charge in [-0.05, 0) is 13.8 Å². The number of diazo groups is 1. The zero-order valence-electron chi connectivity index (χ0n) is 7.74. The normalized spacial score (nSPS) is 8.64. The van der Waals surface area contributed by atoms with Gasteiger partial charge in [-0.2, -0.15) is 5.10 Å². The summed E-state index contributed by atoms with van der Waals surface area (Å²) in [6.07, 6.45) is 0. The number of nitrogens with one attached hydrogen (secondary N) is 1. The van der Waals surface area contributed by atoms with Crippen LogP contribution in [-0.2, 0) is 4.74 Å². The number of aromatic amines is 1. The number of nitrogens with zero attached hydrogens (tertiary/aromatic N) is 3. The van der Waals surface area contributed by atoms with Crippen LogP contribution in [0.4, 0.5) is 5.82 Å². The minimum absolute atomic E-state index is 0. The first-order valence-electron chi connectivity index (χ1n) is 3.77. The van der Waals surface area contributed by atoms with Crippen LogP contribution in [0.1, 0.15) is 23.0 Å². The number of halogens is 1. The van der Waals surface area contributed by atoms with Crippen molar-refractivity contribution in [2.45, 2.75) is 13.8 Å². The highest BCUT2D eigenvalue weighted by Crippen LogP contribution is 2.19. The van der Waals surface area contributed by atoms with E-state index >= 15 is 0 Å². The first-order valence-corrected chi connectivity index (χ1v) is 3.77. The van der Waals surface area contributed by atoms with E-state index in [0.717, 1.165) is 0 Å². The third kappa shape index (κ3) is 2.20. The predicted octanol–water partition coefficient (Wildman–Crippen LogP) is -1.62. The topological polar surface area (TPSA) is 83.1 Å². The highest BCUT2D eigenvalue weighted by molar-refractivity contribution is 5.96. The molecule has 0 aliphatic heterocycles. The second kappa shape index (κ2) is 5.19. The molecular weight excluding hydrogens is 208 g/mol. The Balaban J connectivity index is 0.00000169. The number of carbonyl (C=O) groups is 1. The van der Waals surface area contributed by atoms with Crippen molar-refractivity contribution in [1.82, 2.24) is 10.2 Å². The van der Waals surface area contributed by atoms with Gasteiger partial charge in [-0.15, -0.1) is 0 Å². The molecule has 7 heteroatoms. The van der Waals surface area contributed by atoms with Gasteiger partial charge in [0.25, 0.3) is 0 Å². The minimum Gasteiger partial charge on any atom is -1.00 e. The van der Waals surface area contributed by atoms with E-state index in [2.05, 4.69) is 15.2 Å². The quantitative estimate of drug-likeness (QED) is 0.476. The van der Waals surface area contributed by atoms with Crippen LogP contribution in [0.2, 0.25) is 0 Å². The molecule has 0 atom stereocenters. The average molecular weight is 217 g/mol. The summed E-state index contributed by atoms with van der Waals surface area (Å²) in [5, 5.41) is 14.6. The van der Waals surface area contributed by atoms with Crippen molar-refractivity contribution in [3.05, 3.63) is 16.2 Å². The van der Waals surface area contributed by atoms with Crippen LogP contribution in [-0.4, -0.2) is 22.8 Å². The summed E-state index contributed by atoms with van der Waals surface area (Å²) in [6, 6.07) is 0. The van der Waals surface area contributed by atoms with Crippen LogP contribution in [0, 0.1) is 12.3 Å². The number of hydrogen-bond donors (Lipinski definition) is 1. The number of esters is 1. The fraction of sp³-hybridized carbons (Fsp3) is 0.429. The Labute approximate surface area is 86.7 Å². The Hall–Kier alpha value is -1.61. The molecule has 14 heavy (non-hydrogen) atoms. The van der Waals surface area contributed by atoms with Crippen LogP contribution in [0.15, 0.2) is 0 Å². The van der Waals surface area contributed by atoms with Gasteiger partial charge in [-0.1, -0.05) is 0 Å². The summed E-state index contributed by atoms with van der Waals surface area (Å²) in [6.45, 7) is 3.62. The summed E-state index contributed by atoms with van der Waals surface area (Å²) in [5.74, 6) is -0.586. The van der Waals surface area contributed by atoms with E-state index in [9.17, 15) is 4.79 Å². The second-order valence-electron chi connectivity index (χ2n) is 2.37. The summed E-state index contributed by atoms with van der Waals surface area (Å²) in [7, 11) is 0. The van der Waals surface area contributed by atoms with Crippen LogP contribution < -0.4 is 12.4 Å². The number of aromatic nitrogens is 2. The highest BCUT2D eigenvalue weighted by atomic mass is 35.5. The lowest BCUT2D eigenvalue weighted by atomic mass is 10.2. The van der Waals surface area contributed by atoms with Crippen molar-refractivity contribution in [3.8, 4) is 0 Å². The fourth-order valence-electron chi connectivity index (χ4n) is 0.936. The Morgan fingerprint density at radius 1 is 1.71 bits per heavy atom. The van der Waals surface area contributed by atoms with Gasteiger partial charge in [0.2, 0.25) is 0 Å². The third-order valence-electron chi connectivity index (χ3n) is 1.50. The fourth-order valence-corrected chi connectivity index (χ4v) is 0.936. The first kappa shape index (κ1) is 12.4. The molecule has 0 unspecified atom stereocenters. The molecule has 0 radical (unpaired) electrons. The van der Waals surface area contributed by atoms with Crippen LogP contribution in [0.3, 0.4) is 0 Å². The van der Waals surface area contributed by atoms with Gasteiger partial charge in [0.1, 0.15) is 0 Å². The summed E-state index contributed by atoms with van der Waals surface area (Å²) < 4.78 is 4.74. The van der Waals surface area contributed by atoms with Gasteiger partial charge >= 0.3 is 11.8 Å². The van der Waals surface area contributed by atoms with Gasteiger partial charge in [0.15, 0.2) is 5.56 Å². The zero-order valence-corrected chi connectivity index (χ0v) is 8.50. The average Bonchev–Trinajstić information content (AvgIpc) is 2.47. The molecule has 0 aliphatic carbocycles. The molecule has 0 aromatic carbocycles. The number of H-pyrrole nitrogens is 1. The number of hydrogen-bond acceptors (Lipinski definition) is 4. The lowest BCUT2D eigenvalue weighted by molar-refractivity contribution is -0.0000217. The van der Waals surface area contributed by atoms with E-state index in [0.29, 0.717) is 5.69 Å². The van der Waals surface area contributed by atoms with Crippen molar-refractivity contribution in [2.75, 3.05) is 6.61 Å². The Kier molecular flexibility index (Phi) is 4.59. The van der Waals surface area contributed by atoms with Crippen LogP contribution in [0.5, 0.6) is 0 Å². The smallest absolute Gasteiger partial charge is 0.502 e. The van der Waals surface area contributed by atoms with Gasteiger partial charge < -0.3 is 17.1 Å². The van der Waals surface area contributed by atoms with E-state index in [1.165, 1.54) is 0 Å². The second-order valence-corrected chi connectivity index (χ2v) is 2.37. The molecule has 0 saturated carbocycles. The molecule has 0 saturated heterocycles. The SMILES string of the molecule is CCOC(=O)c1c([N+]#N)n[nH]c1C.[Cl-]. The predicted molar refractivity (Wildman–Crippen MR) is 44.0 cm³/mol. The van der Waals surface area contributed by atoms with Crippen molar-refractivity contribution in [2.24, 2.45) is 0 Å². The maximum absolute atomic E-state index is 11.3. The van der Waals surface area contributed by atoms with E-state index < -0.39 is 5.97 Å². The van der Waals surface area contributed by atoms with E-state index in [1.807, 2.05) is 0 Å². The first-order chi connectivity index (χ1) is 6.20. The summed E-state index contributed by atoms with van der Waals surface area (Å²) in [5.41, 5.74) is 0.690. The number of aryl methyl sites for hydroxylation is 1. The monoisotopic (exact) mass is 216 g/mol. The zero-order chi connectivity index (χ0) is 9.84. The van der Waals surface area contributed by atoms with Gasteiger partial charge in [-0.25, -0.2) is 4.79 Å².